The van der Waals surface area contributed by atoms with Gasteiger partial charge in [-0.2, -0.15) is 0 Å². The number of ether oxygens (including phenoxy) is 2. The van der Waals surface area contributed by atoms with Crippen molar-refractivity contribution in [3.05, 3.63) is 59.3 Å². The van der Waals surface area contributed by atoms with E-state index in [-0.39, 0.29) is 16.9 Å². The first-order valence-electron chi connectivity index (χ1n) is 10.5. The van der Waals surface area contributed by atoms with E-state index >= 15 is 0 Å². The molecule has 1 atom stereocenters. The monoisotopic (exact) mass is 444 g/mol. The third kappa shape index (κ3) is 4.26. The minimum atomic E-state index is -0.889. The third-order valence-corrected chi connectivity index (χ3v) is 5.75. The first-order valence-corrected chi connectivity index (χ1v) is 10.5. The van der Waals surface area contributed by atoms with Crippen LogP contribution in [-0.4, -0.2) is 73.1 Å². The number of furan rings is 1. The molecule has 2 saturated heterocycles. The summed E-state index contributed by atoms with van der Waals surface area (Å²) in [5.41, 5.74) is -0.0490. The summed E-state index contributed by atoms with van der Waals surface area (Å²) in [6.07, 6.45) is 2.08. The number of carbonyl (C=O) groups is 2. The highest BCUT2D eigenvalue weighted by atomic mass is 19.1. The van der Waals surface area contributed by atoms with Gasteiger partial charge in [0.15, 0.2) is 11.6 Å². The van der Waals surface area contributed by atoms with Crippen molar-refractivity contribution in [2.24, 2.45) is 0 Å². The number of Topliss-reactive ketones (excluding diaryl/α,β-unsaturated/α-hetero) is 1. The normalized spacial score (nSPS) is 21.3. The number of aliphatic hydroxyl groups excluding tert-OH is 1. The van der Waals surface area contributed by atoms with Crippen LogP contribution in [-0.2, 0) is 14.3 Å². The summed E-state index contributed by atoms with van der Waals surface area (Å²) in [4.78, 5) is 29.4. The molecule has 32 heavy (non-hydrogen) atoms. The number of hydrogen-bond acceptors (Lipinski definition) is 7. The summed E-state index contributed by atoms with van der Waals surface area (Å²) in [5.74, 6) is -2.33. The molecule has 0 aliphatic carbocycles. The fraction of sp³-hybridized carbons (Fsp3) is 0.391. The van der Waals surface area contributed by atoms with Crippen LogP contribution in [0.4, 0.5) is 4.39 Å². The van der Waals surface area contributed by atoms with Crippen molar-refractivity contribution < 1.29 is 33.0 Å². The summed E-state index contributed by atoms with van der Waals surface area (Å²) in [6, 6.07) is 6.26. The number of methoxy groups -OCH3 is 1. The van der Waals surface area contributed by atoms with Crippen molar-refractivity contribution in [2.75, 3.05) is 46.5 Å². The molecule has 4 rings (SSSR count). The molecular weight excluding hydrogens is 419 g/mol. The largest absolute Gasteiger partial charge is 0.507 e. The van der Waals surface area contributed by atoms with E-state index in [4.69, 9.17) is 13.9 Å². The van der Waals surface area contributed by atoms with Gasteiger partial charge in [0.05, 0.1) is 32.2 Å². The molecule has 1 aromatic carbocycles. The number of nitrogens with zero attached hydrogens (tertiary/aromatic N) is 2. The molecule has 0 radical (unpaired) electrons. The summed E-state index contributed by atoms with van der Waals surface area (Å²) in [7, 11) is 1.33. The third-order valence-electron chi connectivity index (χ3n) is 5.75. The molecule has 1 aromatic heterocycles. The van der Waals surface area contributed by atoms with Crippen molar-refractivity contribution >= 4 is 17.4 Å². The van der Waals surface area contributed by atoms with Gasteiger partial charge in [-0.1, -0.05) is 0 Å². The van der Waals surface area contributed by atoms with Crippen LogP contribution in [0, 0.1) is 5.82 Å². The van der Waals surface area contributed by atoms with E-state index in [0.717, 1.165) is 25.7 Å². The molecule has 1 amide bonds. The Hall–Kier alpha value is -3.17. The lowest BCUT2D eigenvalue weighted by atomic mass is 9.99. The van der Waals surface area contributed by atoms with Crippen LogP contribution >= 0.6 is 0 Å². The Morgan fingerprint density at radius 2 is 2.00 bits per heavy atom. The number of likely N-dealkylation sites (tertiary alicyclic amines) is 1. The summed E-state index contributed by atoms with van der Waals surface area (Å²) in [5, 5.41) is 10.9. The summed E-state index contributed by atoms with van der Waals surface area (Å²) < 4.78 is 30.0. The van der Waals surface area contributed by atoms with Crippen LogP contribution in [0.3, 0.4) is 0 Å². The lowest BCUT2D eigenvalue weighted by Crippen LogP contribution is -2.38. The Bertz CT molecular complexity index is 1010. The van der Waals surface area contributed by atoms with Crippen molar-refractivity contribution in [3.8, 4) is 5.75 Å². The van der Waals surface area contributed by atoms with Crippen LogP contribution in [0.2, 0.25) is 0 Å². The second kappa shape index (κ2) is 9.54. The average molecular weight is 444 g/mol. The Kier molecular flexibility index (Phi) is 6.57. The van der Waals surface area contributed by atoms with E-state index in [1.165, 1.54) is 30.4 Å². The first-order chi connectivity index (χ1) is 15.5. The van der Waals surface area contributed by atoms with Gasteiger partial charge in [0.1, 0.15) is 17.6 Å². The number of benzene rings is 1. The minimum absolute atomic E-state index is 0.00713. The fourth-order valence-electron chi connectivity index (χ4n) is 4.11. The second-order valence-electron chi connectivity index (χ2n) is 7.66. The van der Waals surface area contributed by atoms with Gasteiger partial charge in [-0.3, -0.25) is 14.5 Å². The van der Waals surface area contributed by atoms with Crippen LogP contribution in [0.15, 0.2) is 46.6 Å². The van der Waals surface area contributed by atoms with E-state index in [1.807, 2.05) is 0 Å². The van der Waals surface area contributed by atoms with E-state index in [0.29, 0.717) is 31.9 Å². The van der Waals surface area contributed by atoms with Gasteiger partial charge in [-0.15, -0.1) is 0 Å². The number of carbonyl (C=O) groups excluding carboxylic acids is 2. The first kappa shape index (κ1) is 22.0. The van der Waals surface area contributed by atoms with E-state index in [9.17, 15) is 19.1 Å². The maximum atomic E-state index is 14.2. The zero-order valence-electron chi connectivity index (χ0n) is 17.8. The van der Waals surface area contributed by atoms with Gasteiger partial charge in [0.25, 0.3) is 11.7 Å². The molecule has 0 saturated carbocycles. The molecule has 2 aromatic rings. The number of amides is 1. The Morgan fingerprint density at radius 1 is 1.22 bits per heavy atom. The highest BCUT2D eigenvalue weighted by Gasteiger charge is 2.47. The van der Waals surface area contributed by atoms with Crippen LogP contribution in [0.25, 0.3) is 5.76 Å². The molecule has 0 spiro atoms. The van der Waals surface area contributed by atoms with Gasteiger partial charge in [-0.25, -0.2) is 4.39 Å². The van der Waals surface area contributed by atoms with Crippen molar-refractivity contribution in [1.29, 1.82) is 0 Å². The molecule has 8 nitrogen and oxygen atoms in total. The molecule has 9 heteroatoms. The maximum absolute atomic E-state index is 14.2. The summed E-state index contributed by atoms with van der Waals surface area (Å²) in [6.45, 7) is 4.06. The minimum Gasteiger partial charge on any atom is -0.507 e. The number of aliphatic hydroxyl groups is 1. The Labute approximate surface area is 184 Å². The number of ketones is 1. The molecule has 170 valence electrons. The number of halogens is 1. The maximum Gasteiger partial charge on any atom is 0.295 e. The van der Waals surface area contributed by atoms with Gasteiger partial charge < -0.3 is 23.9 Å². The van der Waals surface area contributed by atoms with Crippen LogP contribution < -0.4 is 4.74 Å². The van der Waals surface area contributed by atoms with E-state index in [1.54, 1.807) is 12.1 Å². The van der Waals surface area contributed by atoms with Gasteiger partial charge >= 0.3 is 0 Å². The molecule has 0 unspecified atom stereocenters. The number of morpholine rings is 1. The van der Waals surface area contributed by atoms with Gasteiger partial charge in [-0.05, 0) is 36.8 Å². The van der Waals surface area contributed by atoms with Crippen LogP contribution in [0.1, 0.15) is 23.8 Å². The number of hydrogen-bond donors (Lipinski definition) is 1. The fourth-order valence-corrected chi connectivity index (χ4v) is 4.11. The highest BCUT2D eigenvalue weighted by Crippen LogP contribution is 2.40. The average Bonchev–Trinajstić information content (AvgIpc) is 3.42. The van der Waals surface area contributed by atoms with Crippen molar-refractivity contribution in [2.45, 2.75) is 12.5 Å². The second-order valence-corrected chi connectivity index (χ2v) is 7.66. The Morgan fingerprint density at radius 3 is 2.66 bits per heavy atom. The molecule has 3 heterocycles. The molecule has 0 bridgehead atoms. The summed E-state index contributed by atoms with van der Waals surface area (Å²) >= 11 is 0. The smallest absolute Gasteiger partial charge is 0.295 e. The lowest BCUT2D eigenvalue weighted by Gasteiger charge is -2.28. The zero-order chi connectivity index (χ0) is 22.7. The highest BCUT2D eigenvalue weighted by molar-refractivity contribution is 6.46. The number of rotatable bonds is 7. The topological polar surface area (TPSA) is 92.5 Å². The zero-order valence-corrected chi connectivity index (χ0v) is 17.8. The van der Waals surface area contributed by atoms with E-state index < -0.39 is 29.3 Å². The van der Waals surface area contributed by atoms with Gasteiger partial charge in [0.2, 0.25) is 0 Å². The van der Waals surface area contributed by atoms with Gasteiger partial charge in [0, 0.05) is 31.7 Å². The van der Waals surface area contributed by atoms with Crippen molar-refractivity contribution in [1.82, 2.24) is 9.80 Å². The quantitative estimate of drug-likeness (QED) is 0.399. The predicted molar refractivity (Wildman–Crippen MR) is 113 cm³/mol. The Balaban J connectivity index is 1.63. The predicted octanol–water partition coefficient (Wildman–Crippen LogP) is 2.57. The molecule has 2 aliphatic rings. The van der Waals surface area contributed by atoms with E-state index in [2.05, 4.69) is 4.90 Å². The molecule has 2 aliphatic heterocycles. The molecular formula is C23H25FN2O6. The molecule has 2 fully saturated rings. The van der Waals surface area contributed by atoms with Crippen molar-refractivity contribution in [3.63, 3.8) is 0 Å². The SMILES string of the molecule is COc1ccc(C(O)=C2C(=O)C(=O)N(CCCN3CCOCC3)[C@H]2c2ccco2)cc1F. The lowest BCUT2D eigenvalue weighted by molar-refractivity contribution is -0.140. The van der Waals surface area contributed by atoms with Crippen LogP contribution in [0.5, 0.6) is 5.75 Å². The standard InChI is InChI=1S/C23H25FN2O6/c1-30-17-6-5-15(14-16(17)24)21(27)19-20(18-4-2-11-32-18)26(23(29)22(19)28)8-3-7-25-9-12-31-13-10-25/h2,4-6,11,14,20,27H,3,7-10,12-13H2,1H3/t20-/m0/s1. The molecule has 1 N–H and O–H groups in total.